The van der Waals surface area contributed by atoms with Crippen molar-refractivity contribution in [1.82, 2.24) is 9.21 Å². The summed E-state index contributed by atoms with van der Waals surface area (Å²) in [5, 5.41) is 3.95. The van der Waals surface area contributed by atoms with E-state index in [2.05, 4.69) is 12.1 Å². The van der Waals surface area contributed by atoms with Crippen LogP contribution in [0.1, 0.15) is 84.5 Å². The molecule has 0 bridgehead atoms. The predicted octanol–water partition coefficient (Wildman–Crippen LogP) is 5.76. The van der Waals surface area contributed by atoms with Gasteiger partial charge in [-0.15, -0.1) is 0 Å². The van der Waals surface area contributed by atoms with Gasteiger partial charge in [0.2, 0.25) is 15.9 Å². The van der Waals surface area contributed by atoms with E-state index < -0.39 is 15.6 Å². The molecule has 1 aromatic rings. The number of carbonyl (C=O) groups is 1. The van der Waals surface area contributed by atoms with Crippen molar-refractivity contribution < 1.29 is 13.2 Å². The Morgan fingerprint density at radius 3 is 2.29 bits per heavy atom. The molecule has 1 aliphatic carbocycles. The number of carbonyl (C=O) groups excluding carboxylic acids is 1. The fraction of sp³-hybridized carbons (Fsp3) is 0.731. The summed E-state index contributed by atoms with van der Waals surface area (Å²) in [7, 11) is -3.72. The molecule has 0 N–H and O–H groups in total. The van der Waals surface area contributed by atoms with Crippen LogP contribution in [0.15, 0.2) is 34.3 Å². The third-order valence-electron chi connectivity index (χ3n) is 8.60. The second-order valence-corrected chi connectivity index (χ2v) is 13.1. The molecule has 2 atom stereocenters. The molecule has 9 heteroatoms. The Labute approximate surface area is 214 Å². The van der Waals surface area contributed by atoms with Gasteiger partial charge < -0.3 is 4.90 Å². The number of amides is 1. The molecule has 194 valence electrons. The molecule has 0 radical (unpaired) electrons. The minimum Gasteiger partial charge on any atom is -0.342 e. The van der Waals surface area contributed by atoms with Gasteiger partial charge in [0.05, 0.1) is 4.90 Å². The first-order valence-electron chi connectivity index (χ1n) is 13.1. The van der Waals surface area contributed by atoms with Gasteiger partial charge >= 0.3 is 0 Å². The summed E-state index contributed by atoms with van der Waals surface area (Å²) in [6.07, 6.45) is 8.35. The highest BCUT2D eigenvalue weighted by Gasteiger charge is 2.57. The summed E-state index contributed by atoms with van der Waals surface area (Å²) >= 11 is 6.02. The highest BCUT2D eigenvalue weighted by Crippen LogP contribution is 2.57. The van der Waals surface area contributed by atoms with E-state index >= 15 is 0 Å². The van der Waals surface area contributed by atoms with E-state index in [-0.39, 0.29) is 28.3 Å². The molecule has 0 unspecified atom stereocenters. The lowest BCUT2D eigenvalue weighted by molar-refractivity contribution is -0.134. The summed E-state index contributed by atoms with van der Waals surface area (Å²) < 4.78 is 29.5. The summed E-state index contributed by atoms with van der Waals surface area (Å²) in [4.78, 5) is 27.0. The Morgan fingerprint density at radius 2 is 1.74 bits per heavy atom. The van der Waals surface area contributed by atoms with Crippen LogP contribution in [0.25, 0.3) is 0 Å². The average molecular weight is 524 g/mol. The maximum atomic E-state index is 13.9. The highest BCUT2D eigenvalue weighted by molar-refractivity contribution is 7.89. The molecule has 1 amide bonds. The van der Waals surface area contributed by atoms with Crippen molar-refractivity contribution in [1.29, 1.82) is 0 Å². The van der Waals surface area contributed by atoms with E-state index in [4.69, 9.17) is 11.6 Å². The molecule has 3 fully saturated rings. The second kappa shape index (κ2) is 10.5. The van der Waals surface area contributed by atoms with Crippen LogP contribution in [-0.2, 0) is 14.8 Å². The SMILES string of the molecule is CCCC1(N=O)CCN(C(=O)CC2([C@H]3CCC[C@@H](CC)N3S(=O)(=O)c3ccc(Cl)cc3)CC2)CC1. The minimum atomic E-state index is -3.72. The minimum absolute atomic E-state index is 0.0645. The largest absolute Gasteiger partial charge is 0.342 e. The van der Waals surface area contributed by atoms with Crippen molar-refractivity contribution in [2.24, 2.45) is 10.6 Å². The van der Waals surface area contributed by atoms with E-state index in [1.165, 1.54) is 0 Å². The Morgan fingerprint density at radius 1 is 1.09 bits per heavy atom. The van der Waals surface area contributed by atoms with Gasteiger partial charge in [0.15, 0.2) is 0 Å². The fourth-order valence-electron chi connectivity index (χ4n) is 6.33. The van der Waals surface area contributed by atoms with Crippen molar-refractivity contribution in [3.8, 4) is 0 Å². The molecule has 4 rings (SSSR count). The third-order valence-corrected chi connectivity index (χ3v) is 10.8. The first-order chi connectivity index (χ1) is 16.7. The molecule has 2 aliphatic heterocycles. The van der Waals surface area contributed by atoms with Crippen LogP contribution in [0.2, 0.25) is 5.02 Å². The standard InChI is InChI=1S/C26H38ClN3O4S/c1-3-12-26(28-32)15-17-29(18-16-26)24(31)19-25(13-14-25)23-7-5-6-21(4-2)30(23)35(33,34)22-10-8-20(27)9-11-22/h8-11,21,23H,3-7,12-19H2,1-2H3/t21-,23-/m1/s1. The van der Waals surface area contributed by atoms with Gasteiger partial charge in [0.1, 0.15) is 5.54 Å². The maximum absolute atomic E-state index is 13.9. The normalized spacial score (nSPS) is 26.3. The van der Waals surface area contributed by atoms with Crippen LogP contribution in [0, 0.1) is 10.3 Å². The van der Waals surface area contributed by atoms with Gasteiger partial charge in [-0.3, -0.25) is 4.79 Å². The number of piperidine rings is 2. The van der Waals surface area contributed by atoms with E-state index in [1.807, 2.05) is 11.8 Å². The number of sulfonamides is 1. The zero-order valence-electron chi connectivity index (χ0n) is 20.9. The summed E-state index contributed by atoms with van der Waals surface area (Å²) in [6, 6.07) is 6.16. The zero-order valence-corrected chi connectivity index (χ0v) is 22.5. The number of rotatable bonds is 9. The monoisotopic (exact) mass is 523 g/mol. The number of hydrogen-bond acceptors (Lipinski definition) is 5. The lowest BCUT2D eigenvalue weighted by Gasteiger charge is -2.45. The summed E-state index contributed by atoms with van der Waals surface area (Å²) in [6.45, 7) is 5.20. The van der Waals surface area contributed by atoms with Crippen molar-refractivity contribution in [3.05, 3.63) is 34.2 Å². The van der Waals surface area contributed by atoms with Crippen molar-refractivity contribution in [2.75, 3.05) is 13.1 Å². The van der Waals surface area contributed by atoms with Gasteiger partial charge in [0, 0.05) is 36.6 Å². The number of likely N-dealkylation sites (tertiary alicyclic amines) is 1. The maximum Gasteiger partial charge on any atom is 0.243 e. The van der Waals surface area contributed by atoms with Crippen molar-refractivity contribution >= 4 is 27.5 Å². The molecule has 2 heterocycles. The fourth-order valence-corrected chi connectivity index (χ4v) is 8.49. The molecule has 1 aromatic carbocycles. The van der Waals surface area contributed by atoms with Crippen LogP contribution < -0.4 is 0 Å². The second-order valence-electron chi connectivity index (χ2n) is 10.8. The molecule has 1 saturated carbocycles. The van der Waals surface area contributed by atoms with Gasteiger partial charge in [-0.25, -0.2) is 8.42 Å². The number of hydrogen-bond donors (Lipinski definition) is 0. The Balaban J connectivity index is 1.53. The first kappa shape index (κ1) is 26.6. The molecule has 0 aromatic heterocycles. The number of nitrogens with zero attached hydrogens (tertiary/aromatic N) is 3. The Bertz CT molecular complexity index is 1020. The summed E-state index contributed by atoms with van der Waals surface area (Å²) in [5.41, 5.74) is -0.838. The predicted molar refractivity (Wildman–Crippen MR) is 138 cm³/mol. The first-order valence-corrected chi connectivity index (χ1v) is 14.9. The number of nitroso groups, excluding NO2 is 1. The third kappa shape index (κ3) is 5.30. The highest BCUT2D eigenvalue weighted by atomic mass is 35.5. The molecular formula is C26H38ClN3O4S. The molecule has 7 nitrogen and oxygen atoms in total. The molecule has 35 heavy (non-hydrogen) atoms. The topological polar surface area (TPSA) is 87.1 Å². The van der Waals surface area contributed by atoms with Gasteiger partial charge in [0.25, 0.3) is 0 Å². The average Bonchev–Trinajstić information content (AvgIpc) is 3.64. The van der Waals surface area contributed by atoms with E-state index in [0.717, 1.165) is 51.4 Å². The lowest BCUT2D eigenvalue weighted by Crippen LogP contribution is -2.54. The van der Waals surface area contributed by atoms with Gasteiger partial charge in [-0.1, -0.05) is 43.5 Å². The van der Waals surface area contributed by atoms with Crippen LogP contribution in [0.3, 0.4) is 0 Å². The van der Waals surface area contributed by atoms with Crippen molar-refractivity contribution in [3.63, 3.8) is 0 Å². The smallest absolute Gasteiger partial charge is 0.243 e. The molecule has 2 saturated heterocycles. The quantitative estimate of drug-likeness (QED) is 0.385. The number of halogens is 1. The lowest BCUT2D eigenvalue weighted by atomic mass is 9.82. The van der Waals surface area contributed by atoms with E-state index in [1.54, 1.807) is 28.6 Å². The van der Waals surface area contributed by atoms with Crippen LogP contribution >= 0.6 is 11.6 Å². The summed E-state index contributed by atoms with van der Waals surface area (Å²) in [5.74, 6) is 0.0842. The Hall–Kier alpha value is -1.51. The molecule has 0 spiro atoms. The van der Waals surface area contributed by atoms with Crippen LogP contribution in [0.4, 0.5) is 0 Å². The van der Waals surface area contributed by atoms with Crippen LogP contribution in [0.5, 0.6) is 0 Å². The van der Waals surface area contributed by atoms with Gasteiger partial charge in [-0.2, -0.15) is 9.21 Å². The molecular weight excluding hydrogens is 486 g/mol. The van der Waals surface area contributed by atoms with E-state index in [9.17, 15) is 18.1 Å². The van der Waals surface area contributed by atoms with E-state index in [0.29, 0.717) is 37.4 Å². The number of benzene rings is 1. The van der Waals surface area contributed by atoms with Crippen molar-refractivity contribution in [2.45, 2.75) is 107 Å². The van der Waals surface area contributed by atoms with Crippen LogP contribution in [-0.4, -0.2) is 54.2 Å². The van der Waals surface area contributed by atoms with Gasteiger partial charge in [-0.05, 0) is 81.0 Å². The zero-order chi connectivity index (χ0) is 25.3. The Kier molecular flexibility index (Phi) is 7.94. The molecule has 3 aliphatic rings.